The van der Waals surface area contributed by atoms with Crippen molar-refractivity contribution in [3.63, 3.8) is 0 Å². The van der Waals surface area contributed by atoms with Crippen molar-refractivity contribution >= 4 is 0 Å². The van der Waals surface area contributed by atoms with Crippen molar-refractivity contribution in [3.8, 4) is 0 Å². The molecule has 6 aliphatic rings. The third kappa shape index (κ3) is 5.94. The summed E-state index contributed by atoms with van der Waals surface area (Å²) in [6.45, 7) is 1.29. The van der Waals surface area contributed by atoms with Crippen LogP contribution in [0.1, 0.15) is 61.5 Å². The van der Waals surface area contributed by atoms with Crippen LogP contribution in [-0.2, 0) is 41.6 Å². The quantitative estimate of drug-likeness (QED) is 0.271. The SMILES string of the molecule is c1ccc(CO[C@@H]2[C@@H](OCc3ccccc3)[C@@H](OC34CC5CC(CC(C5)C3)C4)O[C@@H]3COC(c4ccccc4)O[C@@H]23)cc1. The van der Waals surface area contributed by atoms with Crippen molar-refractivity contribution in [2.45, 2.75) is 94.3 Å². The predicted octanol–water partition coefficient (Wildman–Crippen LogP) is 6.98. The van der Waals surface area contributed by atoms with E-state index in [4.69, 9.17) is 28.4 Å². The summed E-state index contributed by atoms with van der Waals surface area (Å²) < 4.78 is 40.6. The molecule has 6 fully saturated rings. The second-order valence-corrected chi connectivity index (χ2v) is 13.5. The number of ether oxygens (including phenoxy) is 6. The Morgan fingerprint density at radius 1 is 0.628 bits per heavy atom. The highest BCUT2D eigenvalue weighted by atomic mass is 16.8. The first-order chi connectivity index (χ1) is 21.2. The Hall–Kier alpha value is -2.58. The summed E-state index contributed by atoms with van der Waals surface area (Å²) in [4.78, 5) is 0. The number of hydrogen-bond donors (Lipinski definition) is 0. The monoisotopic (exact) mass is 582 g/mol. The summed E-state index contributed by atoms with van der Waals surface area (Å²) in [5.41, 5.74) is 3.05. The lowest BCUT2D eigenvalue weighted by atomic mass is 9.54. The highest BCUT2D eigenvalue weighted by molar-refractivity contribution is 5.18. The first kappa shape index (κ1) is 27.9. The minimum Gasteiger partial charge on any atom is -0.368 e. The molecule has 0 N–H and O–H groups in total. The Balaban J connectivity index is 1.10. The van der Waals surface area contributed by atoms with Gasteiger partial charge in [0.25, 0.3) is 0 Å². The van der Waals surface area contributed by atoms with Gasteiger partial charge in [-0.2, -0.15) is 0 Å². The zero-order chi connectivity index (χ0) is 28.6. The van der Waals surface area contributed by atoms with Gasteiger partial charge in [0.05, 0.1) is 25.4 Å². The smallest absolute Gasteiger partial charge is 0.187 e. The third-order valence-electron chi connectivity index (χ3n) is 10.3. The lowest BCUT2D eigenvalue weighted by Crippen LogP contribution is -2.65. The number of rotatable bonds is 9. The van der Waals surface area contributed by atoms with E-state index in [0.717, 1.165) is 53.7 Å². The van der Waals surface area contributed by atoms with Crippen LogP contribution in [0.15, 0.2) is 91.0 Å². The largest absolute Gasteiger partial charge is 0.368 e. The molecule has 226 valence electrons. The molecule has 6 nitrogen and oxygen atoms in total. The first-order valence-electron chi connectivity index (χ1n) is 16.2. The second-order valence-electron chi connectivity index (χ2n) is 13.5. The average molecular weight is 583 g/mol. The van der Waals surface area contributed by atoms with E-state index < -0.39 is 24.8 Å². The van der Waals surface area contributed by atoms with Crippen molar-refractivity contribution in [1.29, 1.82) is 0 Å². The van der Waals surface area contributed by atoms with Crippen molar-refractivity contribution < 1.29 is 28.4 Å². The summed E-state index contributed by atoms with van der Waals surface area (Å²) in [5.74, 6) is 2.30. The van der Waals surface area contributed by atoms with Gasteiger partial charge in [-0.15, -0.1) is 0 Å². The zero-order valence-electron chi connectivity index (χ0n) is 24.7. The molecule has 9 rings (SSSR count). The molecule has 3 aromatic carbocycles. The zero-order valence-corrected chi connectivity index (χ0v) is 24.7. The van der Waals surface area contributed by atoms with E-state index in [0.29, 0.717) is 19.8 Å². The Morgan fingerprint density at radius 3 is 1.74 bits per heavy atom. The van der Waals surface area contributed by atoms with Crippen LogP contribution in [0, 0.1) is 17.8 Å². The van der Waals surface area contributed by atoms with Gasteiger partial charge in [0.1, 0.15) is 24.4 Å². The van der Waals surface area contributed by atoms with E-state index in [1.54, 1.807) is 0 Å². The molecule has 6 atom stereocenters. The molecule has 2 saturated heterocycles. The van der Waals surface area contributed by atoms with Crippen LogP contribution in [0.2, 0.25) is 0 Å². The fraction of sp³-hybridized carbons (Fsp3) is 0.514. The molecule has 0 radical (unpaired) electrons. The van der Waals surface area contributed by atoms with E-state index in [-0.39, 0.29) is 17.8 Å². The van der Waals surface area contributed by atoms with Gasteiger partial charge < -0.3 is 28.4 Å². The molecule has 0 spiro atoms. The molecule has 4 aliphatic carbocycles. The van der Waals surface area contributed by atoms with Gasteiger partial charge in [-0.05, 0) is 67.4 Å². The molecule has 0 aromatic heterocycles. The van der Waals surface area contributed by atoms with Gasteiger partial charge in [0.2, 0.25) is 0 Å². The summed E-state index contributed by atoms with van der Waals surface area (Å²) in [5, 5.41) is 0. The fourth-order valence-electron chi connectivity index (χ4n) is 8.74. The first-order valence-corrected chi connectivity index (χ1v) is 16.2. The topological polar surface area (TPSA) is 55.4 Å². The summed E-state index contributed by atoms with van der Waals surface area (Å²) in [7, 11) is 0. The summed E-state index contributed by atoms with van der Waals surface area (Å²) in [6, 6.07) is 30.7. The number of fused-ring (bicyclic) bond motifs is 1. The van der Waals surface area contributed by atoms with Crippen LogP contribution >= 0.6 is 0 Å². The molecule has 2 heterocycles. The maximum atomic E-state index is 7.20. The summed E-state index contributed by atoms with van der Waals surface area (Å²) in [6.07, 6.45) is 4.81. The highest BCUT2D eigenvalue weighted by Crippen LogP contribution is 2.58. The lowest BCUT2D eigenvalue weighted by Gasteiger charge is -2.58. The normalized spacial score (nSPS) is 38.1. The van der Waals surface area contributed by atoms with E-state index in [1.165, 1.54) is 19.3 Å². The van der Waals surface area contributed by atoms with Crippen molar-refractivity contribution in [2.75, 3.05) is 6.61 Å². The van der Waals surface area contributed by atoms with Gasteiger partial charge in [0.15, 0.2) is 12.6 Å². The molecule has 0 amide bonds. The lowest BCUT2D eigenvalue weighted by molar-refractivity contribution is -0.391. The Labute approximate surface area is 254 Å². The highest BCUT2D eigenvalue weighted by Gasteiger charge is 2.57. The molecule has 3 aromatic rings. The molecule has 1 unspecified atom stereocenters. The Morgan fingerprint density at radius 2 is 1.16 bits per heavy atom. The maximum Gasteiger partial charge on any atom is 0.187 e. The Kier molecular flexibility index (Phi) is 7.84. The van der Waals surface area contributed by atoms with Crippen molar-refractivity contribution in [1.82, 2.24) is 0 Å². The summed E-state index contributed by atoms with van der Waals surface area (Å²) >= 11 is 0. The van der Waals surface area contributed by atoms with Crippen LogP contribution in [0.3, 0.4) is 0 Å². The molecule has 6 heteroatoms. The van der Waals surface area contributed by atoms with Gasteiger partial charge in [-0.3, -0.25) is 0 Å². The molecule has 2 aliphatic heterocycles. The van der Waals surface area contributed by atoms with Crippen LogP contribution in [0.5, 0.6) is 0 Å². The van der Waals surface area contributed by atoms with Gasteiger partial charge >= 0.3 is 0 Å². The maximum absolute atomic E-state index is 7.20. The fourth-order valence-corrected chi connectivity index (χ4v) is 8.74. The standard InChI is InChI=1S/C37H42O6/c1-4-10-25(11-5-1)22-38-33-32-31(24-40-35(42-32)30-14-8-3-9-15-30)41-36(34(33)39-23-26-12-6-2-7-13-26)43-37-19-27-16-28(20-37)18-29(17-27)21-37/h1-15,27-29,31-36H,16-24H2/t27?,28?,29?,31-,32-,33+,34-,35?,36-,37?/m1/s1. The van der Waals surface area contributed by atoms with Crippen molar-refractivity contribution in [3.05, 3.63) is 108 Å². The van der Waals surface area contributed by atoms with Gasteiger partial charge in [-0.25, -0.2) is 0 Å². The second kappa shape index (κ2) is 12.1. The average Bonchev–Trinajstić information content (AvgIpc) is 3.03. The molecular formula is C37H42O6. The molecule has 4 bridgehead atoms. The van der Waals surface area contributed by atoms with Crippen LogP contribution in [0.4, 0.5) is 0 Å². The van der Waals surface area contributed by atoms with Gasteiger partial charge in [-0.1, -0.05) is 91.0 Å². The Bertz CT molecular complexity index is 1300. The van der Waals surface area contributed by atoms with E-state index in [9.17, 15) is 0 Å². The van der Waals surface area contributed by atoms with Crippen LogP contribution < -0.4 is 0 Å². The third-order valence-corrected chi connectivity index (χ3v) is 10.3. The van der Waals surface area contributed by atoms with E-state index >= 15 is 0 Å². The molecular weight excluding hydrogens is 540 g/mol. The van der Waals surface area contributed by atoms with Crippen molar-refractivity contribution in [2.24, 2.45) is 17.8 Å². The molecule has 43 heavy (non-hydrogen) atoms. The minimum atomic E-state index is -0.567. The molecule has 4 saturated carbocycles. The minimum absolute atomic E-state index is 0.145. The number of hydrogen-bond acceptors (Lipinski definition) is 6. The predicted molar refractivity (Wildman–Crippen MR) is 161 cm³/mol. The van der Waals surface area contributed by atoms with E-state index in [2.05, 4.69) is 24.3 Å². The van der Waals surface area contributed by atoms with Crippen LogP contribution in [0.25, 0.3) is 0 Å². The van der Waals surface area contributed by atoms with Crippen LogP contribution in [-0.4, -0.2) is 42.9 Å². The van der Waals surface area contributed by atoms with E-state index in [1.807, 2.05) is 66.7 Å². The number of benzene rings is 3. The van der Waals surface area contributed by atoms with Gasteiger partial charge in [0, 0.05) is 5.56 Å².